The highest BCUT2D eigenvalue weighted by Gasteiger charge is 2.55. The molecule has 2 atom stereocenters. The Kier molecular flexibility index (Phi) is 4.19. The number of likely N-dealkylation sites (N-methyl/N-ethyl adjacent to an activating group) is 1. The second kappa shape index (κ2) is 6.24. The van der Waals surface area contributed by atoms with Crippen LogP contribution < -0.4 is 10.5 Å². The van der Waals surface area contributed by atoms with Crippen molar-refractivity contribution in [2.45, 2.75) is 38.8 Å². The number of ether oxygens (including phenoxy) is 1. The highest BCUT2D eigenvalue weighted by Crippen LogP contribution is 2.49. The van der Waals surface area contributed by atoms with Crippen LogP contribution in [0, 0.1) is 5.41 Å². The summed E-state index contributed by atoms with van der Waals surface area (Å²) in [6, 6.07) is 13.5. The maximum Gasteiger partial charge on any atom is 0.261 e. The summed E-state index contributed by atoms with van der Waals surface area (Å²) < 4.78 is 6.31. The summed E-state index contributed by atoms with van der Waals surface area (Å²) in [5.74, 6) is 0.794. The maximum atomic E-state index is 13.3. The lowest BCUT2D eigenvalue weighted by Crippen LogP contribution is -2.48. The number of guanidine groups is 1. The third kappa shape index (κ3) is 2.85. The highest BCUT2D eigenvalue weighted by atomic mass is 35.5. The summed E-state index contributed by atoms with van der Waals surface area (Å²) in [5, 5.41) is 0.660. The standard InChI is InChI=1S/C22H24ClN3O2/c1-21(2,3)18-12-22(19(27)26(4)20(24)25-22)16-11-14(8-9-17(16)28-18)13-6-5-7-15(23)10-13/h5-11,18H,12H2,1-4H3,(H2,24,25)/t18?,22-/m1/s1. The van der Waals surface area contributed by atoms with Crippen LogP contribution in [-0.2, 0) is 10.3 Å². The van der Waals surface area contributed by atoms with Crippen molar-refractivity contribution < 1.29 is 9.53 Å². The number of rotatable bonds is 1. The average Bonchev–Trinajstić information content (AvgIpc) is 2.85. The van der Waals surface area contributed by atoms with E-state index in [1.165, 1.54) is 4.90 Å². The quantitative estimate of drug-likeness (QED) is 0.784. The van der Waals surface area contributed by atoms with Gasteiger partial charge in [-0.15, -0.1) is 0 Å². The molecule has 0 fully saturated rings. The summed E-state index contributed by atoms with van der Waals surface area (Å²) in [4.78, 5) is 19.4. The molecule has 1 amide bonds. The molecule has 1 unspecified atom stereocenters. The lowest BCUT2D eigenvalue weighted by molar-refractivity contribution is -0.133. The van der Waals surface area contributed by atoms with Gasteiger partial charge in [0, 0.05) is 24.1 Å². The molecule has 2 N–H and O–H groups in total. The molecule has 2 aromatic carbocycles. The van der Waals surface area contributed by atoms with Gasteiger partial charge in [-0.3, -0.25) is 9.69 Å². The van der Waals surface area contributed by atoms with Gasteiger partial charge in [-0.05, 0) is 40.8 Å². The van der Waals surface area contributed by atoms with E-state index in [-0.39, 0.29) is 23.4 Å². The van der Waals surface area contributed by atoms with Crippen LogP contribution in [0.15, 0.2) is 47.5 Å². The van der Waals surface area contributed by atoms with Crippen molar-refractivity contribution in [3.05, 3.63) is 53.1 Å². The van der Waals surface area contributed by atoms with E-state index in [2.05, 4.69) is 25.8 Å². The molecule has 2 aliphatic heterocycles. The number of hydrogen-bond donors (Lipinski definition) is 1. The summed E-state index contributed by atoms with van der Waals surface area (Å²) in [6.07, 6.45) is 0.288. The zero-order valence-electron chi connectivity index (χ0n) is 16.5. The molecule has 0 saturated heterocycles. The summed E-state index contributed by atoms with van der Waals surface area (Å²) >= 11 is 6.17. The van der Waals surface area contributed by atoms with Crippen molar-refractivity contribution in [3.8, 4) is 16.9 Å². The number of carbonyl (C=O) groups is 1. The lowest BCUT2D eigenvalue weighted by atomic mass is 9.74. The van der Waals surface area contributed by atoms with E-state index in [9.17, 15) is 4.79 Å². The van der Waals surface area contributed by atoms with Crippen molar-refractivity contribution in [1.82, 2.24) is 4.90 Å². The smallest absolute Gasteiger partial charge is 0.261 e. The predicted molar refractivity (Wildman–Crippen MR) is 111 cm³/mol. The van der Waals surface area contributed by atoms with Crippen LogP contribution in [0.4, 0.5) is 0 Å². The second-order valence-corrected chi connectivity index (χ2v) is 9.03. The summed E-state index contributed by atoms with van der Waals surface area (Å²) in [5.41, 5.74) is 7.52. The number of carbonyl (C=O) groups excluding carboxylic acids is 1. The number of benzene rings is 2. The molecular weight excluding hydrogens is 374 g/mol. The molecular formula is C22H24ClN3O2. The lowest BCUT2D eigenvalue weighted by Gasteiger charge is -2.42. The van der Waals surface area contributed by atoms with Gasteiger partial charge in [0.15, 0.2) is 11.5 Å². The monoisotopic (exact) mass is 397 g/mol. The van der Waals surface area contributed by atoms with Gasteiger partial charge < -0.3 is 10.5 Å². The highest BCUT2D eigenvalue weighted by molar-refractivity contribution is 6.30. The number of aliphatic imine (C=N–C) groups is 1. The Hall–Kier alpha value is -2.53. The van der Waals surface area contributed by atoms with E-state index in [1.807, 2.05) is 42.5 Å². The fourth-order valence-corrected chi connectivity index (χ4v) is 4.06. The normalized spacial score (nSPS) is 24.2. The molecule has 146 valence electrons. The molecule has 5 nitrogen and oxygen atoms in total. The van der Waals surface area contributed by atoms with Crippen LogP contribution in [0.25, 0.3) is 11.1 Å². The minimum absolute atomic E-state index is 0.118. The first-order valence-electron chi connectivity index (χ1n) is 9.32. The first-order valence-corrected chi connectivity index (χ1v) is 9.70. The van der Waals surface area contributed by atoms with Gasteiger partial charge in [0.05, 0.1) is 0 Å². The molecule has 2 heterocycles. The van der Waals surface area contributed by atoms with Crippen LogP contribution in [0.5, 0.6) is 5.75 Å². The van der Waals surface area contributed by atoms with E-state index < -0.39 is 5.54 Å². The summed E-state index contributed by atoms with van der Waals surface area (Å²) in [7, 11) is 1.66. The molecule has 2 aliphatic rings. The molecule has 0 radical (unpaired) electrons. The van der Waals surface area contributed by atoms with Gasteiger partial charge >= 0.3 is 0 Å². The van der Waals surface area contributed by atoms with Gasteiger partial charge in [-0.1, -0.05) is 50.6 Å². The Bertz CT molecular complexity index is 996. The fraction of sp³-hybridized carbons (Fsp3) is 0.364. The van der Waals surface area contributed by atoms with Gasteiger partial charge in [-0.25, -0.2) is 4.99 Å². The van der Waals surface area contributed by atoms with E-state index in [0.717, 1.165) is 16.7 Å². The predicted octanol–water partition coefficient (Wildman–Crippen LogP) is 4.19. The molecule has 2 aromatic rings. The number of nitrogens with two attached hydrogens (primary N) is 1. The minimum Gasteiger partial charge on any atom is -0.489 e. The van der Waals surface area contributed by atoms with Crippen molar-refractivity contribution in [2.75, 3.05) is 7.05 Å². The van der Waals surface area contributed by atoms with Crippen molar-refractivity contribution in [1.29, 1.82) is 0 Å². The number of amides is 1. The fourth-order valence-electron chi connectivity index (χ4n) is 3.87. The van der Waals surface area contributed by atoms with E-state index in [4.69, 9.17) is 22.1 Å². The maximum absolute atomic E-state index is 13.3. The average molecular weight is 398 g/mol. The molecule has 28 heavy (non-hydrogen) atoms. The first kappa shape index (κ1) is 18.8. The number of nitrogens with zero attached hydrogens (tertiary/aromatic N) is 2. The van der Waals surface area contributed by atoms with Crippen LogP contribution in [0.2, 0.25) is 5.02 Å². The molecule has 6 heteroatoms. The Morgan fingerprint density at radius 3 is 2.54 bits per heavy atom. The van der Waals surface area contributed by atoms with Crippen LogP contribution >= 0.6 is 11.6 Å². The number of hydrogen-bond acceptors (Lipinski definition) is 4. The molecule has 0 bridgehead atoms. The second-order valence-electron chi connectivity index (χ2n) is 8.59. The SMILES string of the molecule is CN1C(=O)[C@]2(CC(C(C)(C)C)Oc3ccc(-c4cccc(Cl)c4)cc32)N=C1N. The Labute approximate surface area is 170 Å². The van der Waals surface area contributed by atoms with Gasteiger partial charge in [0.2, 0.25) is 0 Å². The molecule has 0 saturated carbocycles. The van der Waals surface area contributed by atoms with Crippen LogP contribution in [-0.4, -0.2) is 29.9 Å². The van der Waals surface area contributed by atoms with Crippen LogP contribution in [0.1, 0.15) is 32.8 Å². The Morgan fingerprint density at radius 1 is 1.21 bits per heavy atom. The van der Waals surface area contributed by atoms with E-state index in [0.29, 0.717) is 17.2 Å². The molecule has 4 rings (SSSR count). The number of halogens is 1. The number of fused-ring (bicyclic) bond motifs is 2. The Morgan fingerprint density at radius 2 is 1.93 bits per heavy atom. The van der Waals surface area contributed by atoms with Gasteiger partial charge in [-0.2, -0.15) is 0 Å². The van der Waals surface area contributed by atoms with Crippen molar-refractivity contribution in [3.63, 3.8) is 0 Å². The van der Waals surface area contributed by atoms with E-state index in [1.54, 1.807) is 7.05 Å². The third-order valence-electron chi connectivity index (χ3n) is 5.61. The molecule has 1 spiro atoms. The van der Waals surface area contributed by atoms with Crippen molar-refractivity contribution >= 4 is 23.5 Å². The Balaban J connectivity index is 1.91. The van der Waals surface area contributed by atoms with Gasteiger partial charge in [0.25, 0.3) is 5.91 Å². The largest absolute Gasteiger partial charge is 0.489 e. The third-order valence-corrected chi connectivity index (χ3v) is 5.84. The zero-order chi connectivity index (χ0) is 20.3. The molecule has 0 aliphatic carbocycles. The first-order chi connectivity index (χ1) is 13.1. The van der Waals surface area contributed by atoms with Crippen LogP contribution in [0.3, 0.4) is 0 Å². The topological polar surface area (TPSA) is 67.9 Å². The summed E-state index contributed by atoms with van der Waals surface area (Å²) in [6.45, 7) is 6.31. The zero-order valence-corrected chi connectivity index (χ0v) is 17.2. The minimum atomic E-state index is -1.06. The molecule has 0 aromatic heterocycles. The van der Waals surface area contributed by atoms with Crippen molar-refractivity contribution in [2.24, 2.45) is 16.1 Å². The van der Waals surface area contributed by atoms with E-state index >= 15 is 0 Å². The van der Waals surface area contributed by atoms with Gasteiger partial charge in [0.1, 0.15) is 11.9 Å².